The minimum absolute atomic E-state index is 0.00349. The van der Waals surface area contributed by atoms with E-state index in [-0.39, 0.29) is 30.9 Å². The number of pyridine rings is 1. The van der Waals surface area contributed by atoms with Gasteiger partial charge in [-0.25, -0.2) is 14.4 Å². The summed E-state index contributed by atoms with van der Waals surface area (Å²) in [6, 6.07) is 12.2. The maximum Gasteiger partial charge on any atom is 0.231 e. The number of ether oxygens (including phenoxy) is 2. The molecule has 1 aliphatic heterocycles. The number of aliphatic hydroxyl groups is 1. The number of hydrogen-bond acceptors (Lipinski definition) is 8. The normalized spacial score (nSPS) is 17.5. The van der Waals surface area contributed by atoms with Crippen LogP contribution in [0.25, 0.3) is 22.6 Å². The Morgan fingerprint density at radius 3 is 2.60 bits per heavy atom. The molecule has 206 valence electrons. The number of halogens is 1. The average Bonchev–Trinajstić information content (AvgIpc) is 3.60. The molecule has 2 atom stereocenters. The number of methoxy groups -OCH3 is 1. The highest BCUT2D eigenvalue weighted by molar-refractivity contribution is 5.97. The number of fused-ring (bicyclic) bond motifs is 1. The van der Waals surface area contributed by atoms with Gasteiger partial charge < -0.3 is 24.7 Å². The summed E-state index contributed by atoms with van der Waals surface area (Å²) in [5.41, 5.74) is 5.65. The van der Waals surface area contributed by atoms with Crippen molar-refractivity contribution in [1.82, 2.24) is 9.97 Å². The third kappa shape index (κ3) is 4.82. The molecule has 10 heteroatoms. The van der Waals surface area contributed by atoms with Crippen molar-refractivity contribution < 1.29 is 33.0 Å². The van der Waals surface area contributed by atoms with Crippen LogP contribution in [0.15, 0.2) is 65.5 Å². The van der Waals surface area contributed by atoms with Gasteiger partial charge in [0.1, 0.15) is 40.6 Å². The van der Waals surface area contributed by atoms with Crippen LogP contribution < -0.4 is 15.2 Å². The maximum atomic E-state index is 13.6. The van der Waals surface area contributed by atoms with Gasteiger partial charge in [-0.2, -0.15) is 0 Å². The zero-order valence-corrected chi connectivity index (χ0v) is 22.2. The van der Waals surface area contributed by atoms with Crippen molar-refractivity contribution in [1.29, 1.82) is 0 Å². The van der Waals surface area contributed by atoms with Crippen molar-refractivity contribution in [2.75, 3.05) is 13.7 Å². The Balaban J connectivity index is 1.45. The minimum atomic E-state index is -1.56. The third-order valence-corrected chi connectivity index (χ3v) is 7.35. The number of nitrogens with zero attached hydrogens (tertiary/aromatic N) is 2. The molecule has 0 bridgehead atoms. The van der Waals surface area contributed by atoms with E-state index in [1.165, 1.54) is 25.6 Å². The number of benzene rings is 2. The Hall–Kier alpha value is -4.57. The van der Waals surface area contributed by atoms with Gasteiger partial charge in [0.15, 0.2) is 17.9 Å². The average molecular weight is 546 g/mol. The van der Waals surface area contributed by atoms with Crippen LogP contribution in [0.2, 0.25) is 0 Å². The molecule has 3 N–H and O–H groups in total. The fourth-order valence-corrected chi connectivity index (χ4v) is 4.71. The molecule has 0 saturated heterocycles. The molecule has 5 rings (SSSR count). The number of carbonyl (C=O) groups is 2. The van der Waals surface area contributed by atoms with Gasteiger partial charge in [-0.15, -0.1) is 0 Å². The van der Waals surface area contributed by atoms with Crippen LogP contribution in [0.3, 0.4) is 0 Å². The van der Waals surface area contributed by atoms with Crippen LogP contribution in [-0.4, -0.2) is 40.5 Å². The quantitative estimate of drug-likeness (QED) is 0.292. The number of oxazole rings is 1. The van der Waals surface area contributed by atoms with E-state index in [4.69, 9.17) is 19.6 Å². The largest absolute Gasteiger partial charge is 0.496 e. The molecular weight excluding hydrogens is 517 g/mol. The zero-order chi connectivity index (χ0) is 28.7. The lowest BCUT2D eigenvalue weighted by Crippen LogP contribution is -2.40. The molecule has 0 aliphatic carbocycles. The second-order valence-electron chi connectivity index (χ2n) is 10.2. The zero-order valence-electron chi connectivity index (χ0n) is 22.2. The first-order chi connectivity index (χ1) is 19.0. The van der Waals surface area contributed by atoms with Gasteiger partial charge in [0.25, 0.3) is 0 Å². The first-order valence-electron chi connectivity index (χ1n) is 12.6. The summed E-state index contributed by atoms with van der Waals surface area (Å²) in [5.74, 6) is 0.0755. The number of amides is 1. The summed E-state index contributed by atoms with van der Waals surface area (Å²) in [4.78, 5) is 34.1. The fraction of sp³-hybridized carbons (Fsp3) is 0.267. The molecule has 0 spiro atoms. The number of carbonyl (C=O) groups excluding carboxylic acids is 2. The molecule has 3 heterocycles. The van der Waals surface area contributed by atoms with Crippen LogP contribution in [0.5, 0.6) is 11.5 Å². The molecule has 2 aromatic heterocycles. The fourth-order valence-electron chi connectivity index (χ4n) is 4.71. The van der Waals surface area contributed by atoms with Crippen molar-refractivity contribution in [2.24, 2.45) is 5.73 Å². The number of nitrogens with two attached hydrogens (primary N) is 1. The second-order valence-corrected chi connectivity index (χ2v) is 10.2. The minimum Gasteiger partial charge on any atom is -0.496 e. The lowest BCUT2D eigenvalue weighted by Gasteiger charge is -2.26. The Labute approximate surface area is 229 Å². The van der Waals surface area contributed by atoms with E-state index in [1.807, 2.05) is 0 Å². The molecule has 1 amide bonds. The van der Waals surface area contributed by atoms with Crippen molar-refractivity contribution in [2.45, 2.75) is 37.7 Å². The summed E-state index contributed by atoms with van der Waals surface area (Å²) < 4.78 is 30.3. The van der Waals surface area contributed by atoms with Crippen LogP contribution in [0.4, 0.5) is 4.39 Å². The Bertz CT molecular complexity index is 1580. The number of hydrogen-bond donors (Lipinski definition) is 2. The predicted octanol–water partition coefficient (Wildman–Crippen LogP) is 4.56. The van der Waals surface area contributed by atoms with Crippen molar-refractivity contribution in [3.8, 4) is 34.1 Å². The molecule has 0 unspecified atom stereocenters. The van der Waals surface area contributed by atoms with Gasteiger partial charge >= 0.3 is 0 Å². The molecular formula is C30H28FN3O6. The van der Waals surface area contributed by atoms with Crippen LogP contribution in [0, 0.1) is 5.82 Å². The highest BCUT2D eigenvalue weighted by Gasteiger charge is 2.45. The van der Waals surface area contributed by atoms with Gasteiger partial charge in [0.05, 0.1) is 24.6 Å². The SMILES string of the molecule is COc1cc(C(=O)CC[C@](C)(O)c2cc3c(c(-c4ccc(F)cc4)n2)OC[C@]3(C)C(N)=O)ccc1-c1cnco1. The molecule has 40 heavy (non-hydrogen) atoms. The van der Waals surface area contributed by atoms with Gasteiger partial charge in [-0.05, 0) is 62.7 Å². The maximum absolute atomic E-state index is 13.6. The first kappa shape index (κ1) is 27.0. The van der Waals surface area contributed by atoms with Crippen molar-refractivity contribution in [3.63, 3.8) is 0 Å². The van der Waals surface area contributed by atoms with Crippen LogP contribution >= 0.6 is 0 Å². The van der Waals surface area contributed by atoms with Gasteiger partial charge in [0.2, 0.25) is 5.91 Å². The summed E-state index contributed by atoms with van der Waals surface area (Å²) in [7, 11) is 1.50. The third-order valence-electron chi connectivity index (χ3n) is 7.35. The highest BCUT2D eigenvalue weighted by atomic mass is 19.1. The summed E-state index contributed by atoms with van der Waals surface area (Å²) >= 11 is 0. The summed E-state index contributed by atoms with van der Waals surface area (Å²) in [6.45, 7) is 3.21. The van der Waals surface area contributed by atoms with E-state index in [0.717, 1.165) is 0 Å². The highest BCUT2D eigenvalue weighted by Crippen LogP contribution is 2.46. The standard InChI is InChI=1S/C30H28FN3O6/c1-29(28(32)36)15-39-27-21(29)13-25(34-26(27)17-4-7-19(31)8-5-17)30(2,37)11-10-22(35)18-6-9-20(23(12-18)38-3)24-14-33-16-40-24/h4-9,12-14,16,37H,10-11,15H2,1-3H3,(H2,32,36)/t29-,30-/m0/s1. The number of primary amides is 1. The topological polar surface area (TPSA) is 138 Å². The van der Waals surface area contributed by atoms with Crippen molar-refractivity contribution in [3.05, 3.63) is 83.8 Å². The molecule has 2 aromatic carbocycles. The van der Waals surface area contributed by atoms with Gasteiger partial charge in [-0.3, -0.25) is 9.59 Å². The van der Waals surface area contributed by atoms with E-state index in [2.05, 4.69) is 9.97 Å². The summed E-state index contributed by atoms with van der Waals surface area (Å²) in [5, 5.41) is 11.5. The smallest absolute Gasteiger partial charge is 0.231 e. The number of rotatable bonds is 9. The lowest BCUT2D eigenvalue weighted by molar-refractivity contribution is -0.123. The molecule has 1 aliphatic rings. The Morgan fingerprint density at radius 1 is 1.20 bits per heavy atom. The summed E-state index contributed by atoms with van der Waals surface area (Å²) in [6.07, 6.45) is 2.88. The Kier molecular flexibility index (Phi) is 6.89. The number of ketones is 1. The number of Topliss-reactive ketones (excluding diaryl/α,β-unsaturated/α-hetero) is 1. The predicted molar refractivity (Wildman–Crippen MR) is 143 cm³/mol. The van der Waals surface area contributed by atoms with Gasteiger partial charge in [0, 0.05) is 23.1 Å². The molecule has 0 saturated carbocycles. The van der Waals surface area contributed by atoms with Crippen LogP contribution in [-0.2, 0) is 15.8 Å². The van der Waals surface area contributed by atoms with E-state index >= 15 is 0 Å². The Morgan fingerprint density at radius 2 is 1.95 bits per heavy atom. The number of aromatic nitrogens is 2. The molecule has 0 fully saturated rings. The molecule has 0 radical (unpaired) electrons. The monoisotopic (exact) mass is 545 g/mol. The van der Waals surface area contributed by atoms with E-state index < -0.39 is 22.7 Å². The van der Waals surface area contributed by atoms with Crippen LogP contribution in [0.1, 0.15) is 48.3 Å². The molecule has 9 nitrogen and oxygen atoms in total. The van der Waals surface area contributed by atoms with Crippen molar-refractivity contribution >= 4 is 11.7 Å². The van der Waals surface area contributed by atoms with Gasteiger partial charge in [-0.1, -0.05) is 6.07 Å². The molecule has 4 aromatic rings. The second kappa shape index (κ2) is 10.2. The lowest BCUT2D eigenvalue weighted by atomic mass is 9.81. The van der Waals surface area contributed by atoms with E-state index in [0.29, 0.717) is 45.2 Å². The van der Waals surface area contributed by atoms with E-state index in [1.54, 1.807) is 56.4 Å². The first-order valence-corrected chi connectivity index (χ1v) is 12.6. The van der Waals surface area contributed by atoms with E-state index in [9.17, 15) is 19.1 Å².